The van der Waals surface area contributed by atoms with Crippen LogP contribution in [0.25, 0.3) is 0 Å². The molecule has 1 atom stereocenters. The molecule has 1 aliphatic carbocycles. The van der Waals surface area contributed by atoms with Crippen molar-refractivity contribution in [2.75, 3.05) is 6.54 Å². The van der Waals surface area contributed by atoms with Gasteiger partial charge in [0.2, 0.25) is 11.8 Å². The molecule has 1 aromatic rings. The molecule has 2 aliphatic rings. The highest BCUT2D eigenvalue weighted by Crippen LogP contribution is 2.42. The number of nitrogens with one attached hydrogen (secondary N) is 1. The zero-order chi connectivity index (χ0) is 13.5. The van der Waals surface area contributed by atoms with E-state index in [-0.39, 0.29) is 17.4 Å². The SMILES string of the molecule is CC1(N2CCC(=O)NC(c3ccccc3)C2=O)CC1. The van der Waals surface area contributed by atoms with Gasteiger partial charge in [-0.05, 0) is 25.3 Å². The van der Waals surface area contributed by atoms with Crippen LogP contribution in [0.4, 0.5) is 0 Å². The van der Waals surface area contributed by atoms with Crippen molar-refractivity contribution in [3.63, 3.8) is 0 Å². The Kier molecular flexibility index (Phi) is 2.81. The molecule has 19 heavy (non-hydrogen) atoms. The van der Waals surface area contributed by atoms with E-state index < -0.39 is 6.04 Å². The molecule has 0 aromatic heterocycles. The Morgan fingerprint density at radius 1 is 1.21 bits per heavy atom. The van der Waals surface area contributed by atoms with Gasteiger partial charge in [0.15, 0.2) is 0 Å². The maximum atomic E-state index is 12.7. The molecule has 0 bridgehead atoms. The highest BCUT2D eigenvalue weighted by atomic mass is 16.2. The van der Waals surface area contributed by atoms with E-state index in [9.17, 15) is 9.59 Å². The van der Waals surface area contributed by atoms with Gasteiger partial charge in [-0.3, -0.25) is 9.59 Å². The third-order valence-corrected chi connectivity index (χ3v) is 4.14. The van der Waals surface area contributed by atoms with Gasteiger partial charge in [-0.1, -0.05) is 30.3 Å². The third-order valence-electron chi connectivity index (χ3n) is 4.14. The van der Waals surface area contributed by atoms with Gasteiger partial charge in [0.05, 0.1) is 0 Å². The smallest absolute Gasteiger partial charge is 0.250 e. The van der Waals surface area contributed by atoms with Gasteiger partial charge in [-0.15, -0.1) is 0 Å². The van der Waals surface area contributed by atoms with Gasteiger partial charge in [-0.2, -0.15) is 0 Å². The lowest BCUT2D eigenvalue weighted by Gasteiger charge is -2.30. The Hall–Kier alpha value is -1.84. The molecule has 1 unspecified atom stereocenters. The third kappa shape index (κ3) is 2.23. The van der Waals surface area contributed by atoms with Crippen molar-refractivity contribution in [1.29, 1.82) is 0 Å². The molecule has 2 fully saturated rings. The monoisotopic (exact) mass is 258 g/mol. The maximum Gasteiger partial charge on any atom is 0.250 e. The molecule has 1 saturated carbocycles. The average molecular weight is 258 g/mol. The van der Waals surface area contributed by atoms with Crippen molar-refractivity contribution in [1.82, 2.24) is 10.2 Å². The minimum absolute atomic E-state index is 0.0250. The zero-order valence-electron chi connectivity index (χ0n) is 11.1. The summed E-state index contributed by atoms with van der Waals surface area (Å²) in [6.45, 7) is 2.63. The van der Waals surface area contributed by atoms with Crippen LogP contribution in [0.15, 0.2) is 30.3 Å². The predicted molar refractivity (Wildman–Crippen MR) is 71.3 cm³/mol. The molecule has 1 saturated heterocycles. The molecule has 2 amide bonds. The molecule has 1 N–H and O–H groups in total. The Balaban J connectivity index is 1.93. The Morgan fingerprint density at radius 3 is 2.53 bits per heavy atom. The number of benzene rings is 1. The Bertz CT molecular complexity index is 508. The van der Waals surface area contributed by atoms with E-state index in [0.717, 1.165) is 18.4 Å². The van der Waals surface area contributed by atoms with Crippen LogP contribution in [-0.4, -0.2) is 28.8 Å². The average Bonchev–Trinajstić information content (AvgIpc) is 3.17. The summed E-state index contributed by atoms with van der Waals surface area (Å²) in [6.07, 6.45) is 2.47. The lowest BCUT2D eigenvalue weighted by molar-refractivity contribution is -0.136. The minimum Gasteiger partial charge on any atom is -0.340 e. The molecule has 4 heteroatoms. The van der Waals surface area contributed by atoms with Crippen LogP contribution in [0.1, 0.15) is 37.8 Å². The molecular formula is C15H18N2O2. The van der Waals surface area contributed by atoms with Crippen molar-refractivity contribution in [3.8, 4) is 0 Å². The van der Waals surface area contributed by atoms with Gasteiger partial charge < -0.3 is 10.2 Å². The zero-order valence-corrected chi connectivity index (χ0v) is 11.1. The standard InChI is InChI=1S/C15H18N2O2/c1-15(8-9-15)17-10-7-12(18)16-13(14(17)19)11-5-3-2-4-6-11/h2-6,13H,7-10H2,1H3,(H,16,18). The predicted octanol–water partition coefficient (Wildman–Crippen LogP) is 1.63. The molecule has 1 aromatic carbocycles. The van der Waals surface area contributed by atoms with E-state index >= 15 is 0 Å². The first-order valence-electron chi connectivity index (χ1n) is 6.76. The Morgan fingerprint density at radius 2 is 1.89 bits per heavy atom. The van der Waals surface area contributed by atoms with Crippen LogP contribution in [0.3, 0.4) is 0 Å². The van der Waals surface area contributed by atoms with Crippen LogP contribution in [0.5, 0.6) is 0 Å². The normalized spacial score (nSPS) is 25.7. The number of amides is 2. The van der Waals surface area contributed by atoms with Crippen molar-refractivity contribution in [2.45, 2.75) is 37.8 Å². The molecule has 100 valence electrons. The molecule has 0 spiro atoms. The van der Waals surface area contributed by atoms with Crippen LogP contribution in [-0.2, 0) is 9.59 Å². The summed E-state index contributed by atoms with van der Waals surface area (Å²) >= 11 is 0. The lowest BCUT2D eigenvalue weighted by atomic mass is 10.1. The van der Waals surface area contributed by atoms with Gasteiger partial charge >= 0.3 is 0 Å². The molecule has 3 rings (SSSR count). The van der Waals surface area contributed by atoms with E-state index in [1.54, 1.807) is 0 Å². The quantitative estimate of drug-likeness (QED) is 0.876. The van der Waals surface area contributed by atoms with Crippen LogP contribution >= 0.6 is 0 Å². The summed E-state index contributed by atoms with van der Waals surface area (Å²) in [5.74, 6) is -0.0222. The number of nitrogens with zero attached hydrogens (tertiary/aromatic N) is 1. The van der Waals surface area contributed by atoms with Crippen molar-refractivity contribution >= 4 is 11.8 Å². The second-order valence-electron chi connectivity index (χ2n) is 5.65. The van der Waals surface area contributed by atoms with Gasteiger partial charge in [0.1, 0.15) is 6.04 Å². The largest absolute Gasteiger partial charge is 0.340 e. The molecule has 1 aliphatic heterocycles. The van der Waals surface area contributed by atoms with E-state index in [0.29, 0.717) is 13.0 Å². The second-order valence-corrected chi connectivity index (χ2v) is 5.65. The maximum absolute atomic E-state index is 12.7. The Labute approximate surface area is 112 Å². The van der Waals surface area contributed by atoms with E-state index in [4.69, 9.17) is 0 Å². The summed E-state index contributed by atoms with van der Waals surface area (Å²) in [6, 6.07) is 8.94. The molecule has 4 nitrogen and oxygen atoms in total. The highest BCUT2D eigenvalue weighted by molar-refractivity contribution is 5.91. The van der Waals surface area contributed by atoms with E-state index in [1.165, 1.54) is 0 Å². The highest BCUT2D eigenvalue weighted by Gasteiger charge is 2.48. The van der Waals surface area contributed by atoms with Crippen molar-refractivity contribution in [3.05, 3.63) is 35.9 Å². The van der Waals surface area contributed by atoms with Crippen LogP contribution in [0.2, 0.25) is 0 Å². The van der Waals surface area contributed by atoms with E-state index in [1.807, 2.05) is 35.2 Å². The molecule has 1 heterocycles. The number of carbonyl (C=O) groups excluding carboxylic acids is 2. The van der Waals surface area contributed by atoms with E-state index in [2.05, 4.69) is 12.2 Å². The minimum atomic E-state index is -0.534. The van der Waals surface area contributed by atoms with Gasteiger partial charge in [-0.25, -0.2) is 0 Å². The fourth-order valence-electron chi connectivity index (χ4n) is 2.63. The second kappa shape index (κ2) is 4.37. The van der Waals surface area contributed by atoms with Gasteiger partial charge in [0, 0.05) is 18.5 Å². The number of hydrogen-bond donors (Lipinski definition) is 1. The molecular weight excluding hydrogens is 240 g/mol. The number of rotatable bonds is 2. The number of hydrogen-bond acceptors (Lipinski definition) is 2. The van der Waals surface area contributed by atoms with Gasteiger partial charge in [0.25, 0.3) is 0 Å². The van der Waals surface area contributed by atoms with Crippen LogP contribution < -0.4 is 5.32 Å². The summed E-state index contributed by atoms with van der Waals surface area (Å²) in [5.41, 5.74) is 0.827. The summed E-state index contributed by atoms with van der Waals surface area (Å²) in [4.78, 5) is 26.4. The molecule has 0 radical (unpaired) electrons. The first-order valence-corrected chi connectivity index (χ1v) is 6.76. The summed E-state index contributed by atoms with van der Waals surface area (Å²) in [7, 11) is 0. The topological polar surface area (TPSA) is 49.4 Å². The number of carbonyl (C=O) groups is 2. The lowest BCUT2D eigenvalue weighted by Crippen LogP contribution is -2.44. The summed E-state index contributed by atoms with van der Waals surface area (Å²) < 4.78 is 0. The fraction of sp³-hybridized carbons (Fsp3) is 0.467. The van der Waals surface area contributed by atoms with Crippen LogP contribution in [0, 0.1) is 0 Å². The first-order chi connectivity index (χ1) is 9.10. The van der Waals surface area contributed by atoms with Crippen molar-refractivity contribution in [2.24, 2.45) is 0 Å². The first kappa shape index (κ1) is 12.2. The van der Waals surface area contributed by atoms with Crippen molar-refractivity contribution < 1.29 is 9.59 Å². The fourth-order valence-corrected chi connectivity index (χ4v) is 2.63. The summed E-state index contributed by atoms with van der Waals surface area (Å²) in [5, 5.41) is 2.84.